The van der Waals surface area contributed by atoms with Crippen molar-refractivity contribution in [3.05, 3.63) is 58.2 Å². The number of carbonyl (C=O) groups is 2. The van der Waals surface area contributed by atoms with Crippen molar-refractivity contribution < 1.29 is 28.2 Å². The standard InChI is InChI=1S/C22H22FNO5S/c1-12-20-14(23)6-5-7-18(20)30-21(12)22(26)24-15(11-19(25)29-4)13-8-9-16(27-2)17(10-13)28-3/h5-10,15H,11H2,1-4H3,(H,24,26). The first-order chi connectivity index (χ1) is 14.4. The van der Waals surface area contributed by atoms with Crippen molar-refractivity contribution in [2.75, 3.05) is 21.3 Å². The first-order valence-electron chi connectivity index (χ1n) is 9.16. The third kappa shape index (κ3) is 4.23. The molecule has 1 unspecified atom stereocenters. The number of amides is 1. The smallest absolute Gasteiger partial charge is 0.307 e. The van der Waals surface area contributed by atoms with Crippen LogP contribution >= 0.6 is 11.3 Å². The molecule has 1 atom stereocenters. The summed E-state index contributed by atoms with van der Waals surface area (Å²) in [5.41, 5.74) is 1.21. The molecular weight excluding hydrogens is 409 g/mol. The minimum absolute atomic E-state index is 0.0734. The predicted molar refractivity (Wildman–Crippen MR) is 113 cm³/mol. The Balaban J connectivity index is 1.96. The van der Waals surface area contributed by atoms with Gasteiger partial charge in [0.2, 0.25) is 0 Å². The van der Waals surface area contributed by atoms with Gasteiger partial charge in [0.05, 0.1) is 38.7 Å². The first-order valence-corrected chi connectivity index (χ1v) is 9.98. The molecule has 30 heavy (non-hydrogen) atoms. The highest BCUT2D eigenvalue weighted by Crippen LogP contribution is 2.34. The number of methoxy groups -OCH3 is 3. The average Bonchev–Trinajstić information content (AvgIpc) is 3.10. The van der Waals surface area contributed by atoms with Gasteiger partial charge in [0, 0.05) is 10.1 Å². The second-order valence-electron chi connectivity index (χ2n) is 6.59. The van der Waals surface area contributed by atoms with E-state index in [9.17, 15) is 14.0 Å². The summed E-state index contributed by atoms with van der Waals surface area (Å²) in [4.78, 5) is 25.4. The van der Waals surface area contributed by atoms with E-state index in [1.807, 2.05) is 0 Å². The molecule has 0 spiro atoms. The minimum atomic E-state index is -0.667. The number of aryl methyl sites for hydroxylation is 1. The molecule has 0 saturated carbocycles. The van der Waals surface area contributed by atoms with Gasteiger partial charge in [0.1, 0.15) is 5.82 Å². The number of nitrogens with one attached hydrogen (secondary N) is 1. The third-order valence-corrected chi connectivity index (χ3v) is 6.08. The molecule has 1 aromatic heterocycles. The summed E-state index contributed by atoms with van der Waals surface area (Å²) in [5.74, 6) is -0.239. The maximum absolute atomic E-state index is 14.2. The number of fused-ring (bicyclic) bond motifs is 1. The maximum Gasteiger partial charge on any atom is 0.307 e. The van der Waals surface area contributed by atoms with Crippen LogP contribution in [0.5, 0.6) is 11.5 Å². The van der Waals surface area contributed by atoms with Crippen LogP contribution in [0.25, 0.3) is 10.1 Å². The van der Waals surface area contributed by atoms with Crippen molar-refractivity contribution in [2.24, 2.45) is 0 Å². The fourth-order valence-corrected chi connectivity index (χ4v) is 4.39. The Morgan fingerprint density at radius 1 is 1.10 bits per heavy atom. The zero-order chi connectivity index (χ0) is 21.8. The number of thiophene rings is 1. The third-order valence-electron chi connectivity index (χ3n) is 4.82. The Morgan fingerprint density at radius 3 is 2.47 bits per heavy atom. The first kappa shape index (κ1) is 21.6. The minimum Gasteiger partial charge on any atom is -0.493 e. The molecule has 6 nitrogen and oxygen atoms in total. The molecule has 0 fully saturated rings. The second kappa shape index (κ2) is 9.13. The van der Waals surface area contributed by atoms with Crippen molar-refractivity contribution in [2.45, 2.75) is 19.4 Å². The zero-order valence-corrected chi connectivity index (χ0v) is 17.9. The van der Waals surface area contributed by atoms with Gasteiger partial charge in [-0.2, -0.15) is 0 Å². The number of rotatable bonds is 7. The molecular formula is C22H22FNO5S. The van der Waals surface area contributed by atoms with Gasteiger partial charge in [-0.15, -0.1) is 11.3 Å². The van der Waals surface area contributed by atoms with Crippen molar-refractivity contribution in [1.82, 2.24) is 5.32 Å². The van der Waals surface area contributed by atoms with Crippen LogP contribution in [0.15, 0.2) is 36.4 Å². The molecule has 2 aromatic carbocycles. The van der Waals surface area contributed by atoms with E-state index in [1.54, 1.807) is 37.3 Å². The number of benzene rings is 2. The number of carbonyl (C=O) groups excluding carboxylic acids is 2. The van der Waals surface area contributed by atoms with Crippen molar-refractivity contribution >= 4 is 33.3 Å². The molecule has 1 heterocycles. The lowest BCUT2D eigenvalue weighted by atomic mass is 10.0. The van der Waals surface area contributed by atoms with Crippen LogP contribution in [0, 0.1) is 12.7 Å². The van der Waals surface area contributed by atoms with Crippen LogP contribution in [-0.4, -0.2) is 33.2 Å². The molecule has 0 saturated heterocycles. The number of esters is 1. The summed E-state index contributed by atoms with van der Waals surface area (Å²) in [7, 11) is 4.31. The predicted octanol–water partition coefficient (Wildman–Crippen LogP) is 4.40. The van der Waals surface area contributed by atoms with Gasteiger partial charge >= 0.3 is 5.97 Å². The van der Waals surface area contributed by atoms with Gasteiger partial charge in [0.15, 0.2) is 11.5 Å². The van der Waals surface area contributed by atoms with Crippen LogP contribution < -0.4 is 14.8 Å². The molecule has 1 N–H and O–H groups in total. The van der Waals surface area contributed by atoms with E-state index in [4.69, 9.17) is 14.2 Å². The van der Waals surface area contributed by atoms with E-state index in [0.29, 0.717) is 37.6 Å². The molecule has 0 aliphatic heterocycles. The Morgan fingerprint density at radius 2 is 1.83 bits per heavy atom. The highest BCUT2D eigenvalue weighted by Gasteiger charge is 2.24. The van der Waals surface area contributed by atoms with Crippen molar-refractivity contribution in [3.63, 3.8) is 0 Å². The van der Waals surface area contributed by atoms with Gasteiger partial charge in [-0.25, -0.2) is 4.39 Å². The highest BCUT2D eigenvalue weighted by molar-refractivity contribution is 7.21. The van der Waals surface area contributed by atoms with E-state index in [0.717, 1.165) is 0 Å². The normalized spacial score (nSPS) is 11.8. The number of halogens is 1. The van der Waals surface area contributed by atoms with Gasteiger partial charge in [0.25, 0.3) is 5.91 Å². The topological polar surface area (TPSA) is 73.9 Å². The van der Waals surface area contributed by atoms with Gasteiger partial charge in [-0.3, -0.25) is 9.59 Å². The lowest BCUT2D eigenvalue weighted by Crippen LogP contribution is -2.30. The van der Waals surface area contributed by atoms with Gasteiger partial charge in [-0.05, 0) is 42.3 Å². The summed E-state index contributed by atoms with van der Waals surface area (Å²) in [5, 5.41) is 3.31. The summed E-state index contributed by atoms with van der Waals surface area (Å²) in [6.07, 6.45) is -0.0734. The van der Waals surface area contributed by atoms with Crippen LogP contribution in [0.3, 0.4) is 0 Å². The van der Waals surface area contributed by atoms with Gasteiger partial charge < -0.3 is 19.5 Å². The Labute approximate surface area is 177 Å². The van der Waals surface area contributed by atoms with E-state index in [-0.39, 0.29) is 12.2 Å². The SMILES string of the molecule is COC(=O)CC(NC(=O)c1sc2cccc(F)c2c1C)c1ccc(OC)c(OC)c1. The van der Waals surface area contributed by atoms with E-state index in [2.05, 4.69) is 5.32 Å². The molecule has 0 radical (unpaired) electrons. The summed E-state index contributed by atoms with van der Waals surface area (Å²) in [6, 6.07) is 9.22. The average molecular weight is 431 g/mol. The fraction of sp³-hybridized carbons (Fsp3) is 0.273. The lowest BCUT2D eigenvalue weighted by Gasteiger charge is -2.19. The van der Waals surface area contributed by atoms with Crippen LogP contribution in [-0.2, 0) is 9.53 Å². The van der Waals surface area contributed by atoms with Gasteiger partial charge in [-0.1, -0.05) is 12.1 Å². The molecule has 158 valence electrons. The quantitative estimate of drug-likeness (QED) is 0.562. The molecule has 0 aliphatic rings. The molecule has 3 rings (SSSR count). The maximum atomic E-state index is 14.2. The Kier molecular flexibility index (Phi) is 6.56. The van der Waals surface area contributed by atoms with Crippen molar-refractivity contribution in [1.29, 1.82) is 0 Å². The molecule has 1 amide bonds. The highest BCUT2D eigenvalue weighted by atomic mass is 32.1. The van der Waals surface area contributed by atoms with E-state index < -0.39 is 17.9 Å². The summed E-state index contributed by atoms with van der Waals surface area (Å²) in [6.45, 7) is 1.71. The molecule has 3 aromatic rings. The number of ether oxygens (including phenoxy) is 3. The lowest BCUT2D eigenvalue weighted by molar-refractivity contribution is -0.141. The van der Waals surface area contributed by atoms with Crippen molar-refractivity contribution in [3.8, 4) is 11.5 Å². The summed E-state index contributed by atoms with van der Waals surface area (Å²) < 4.78 is 30.3. The second-order valence-corrected chi connectivity index (χ2v) is 7.64. The molecule has 0 aliphatic carbocycles. The van der Waals surface area contributed by atoms with E-state index >= 15 is 0 Å². The Hall–Kier alpha value is -3.13. The number of hydrogen-bond acceptors (Lipinski definition) is 6. The van der Waals surface area contributed by atoms with E-state index in [1.165, 1.54) is 38.7 Å². The zero-order valence-electron chi connectivity index (χ0n) is 17.1. The van der Waals surface area contributed by atoms with Crippen LogP contribution in [0.2, 0.25) is 0 Å². The Bertz CT molecular complexity index is 1090. The fourth-order valence-electron chi connectivity index (χ4n) is 3.27. The monoisotopic (exact) mass is 431 g/mol. The molecule has 0 bridgehead atoms. The largest absolute Gasteiger partial charge is 0.493 e. The molecule has 8 heteroatoms. The summed E-state index contributed by atoms with van der Waals surface area (Å²) >= 11 is 1.21. The van der Waals surface area contributed by atoms with Crippen LogP contribution in [0.1, 0.15) is 33.3 Å². The number of hydrogen-bond donors (Lipinski definition) is 1. The van der Waals surface area contributed by atoms with Crippen LogP contribution in [0.4, 0.5) is 4.39 Å².